The van der Waals surface area contributed by atoms with E-state index in [9.17, 15) is 24.9 Å². The van der Waals surface area contributed by atoms with Gasteiger partial charge in [-0.1, -0.05) is 23.3 Å². The van der Waals surface area contributed by atoms with Gasteiger partial charge in [-0.25, -0.2) is 4.79 Å². The Labute approximate surface area is 192 Å². The Bertz CT molecular complexity index is 850. The predicted octanol–water partition coefficient (Wildman–Crippen LogP) is 4.87. The number of carbonyl (C=O) groups is 2. The largest absolute Gasteiger partial charge is 0.507 e. The van der Waals surface area contributed by atoms with Crippen LogP contribution in [-0.4, -0.2) is 45.9 Å². The van der Waals surface area contributed by atoms with Crippen molar-refractivity contribution in [2.45, 2.75) is 92.3 Å². The second-order valence-corrected chi connectivity index (χ2v) is 9.68. The molecule has 0 heterocycles. The summed E-state index contributed by atoms with van der Waals surface area (Å²) in [5, 5.41) is 30.1. The molecule has 6 nitrogen and oxygen atoms in total. The monoisotopic (exact) mass is 448 g/mol. The summed E-state index contributed by atoms with van der Waals surface area (Å²) in [4.78, 5) is 25.1. The number of carbonyl (C=O) groups excluding carboxylic acids is 2. The van der Waals surface area contributed by atoms with Crippen LogP contribution in [-0.2, 0) is 14.3 Å². The fraction of sp³-hybridized carbons (Fsp3) is 0.615. The fourth-order valence-electron chi connectivity index (χ4n) is 3.78. The van der Waals surface area contributed by atoms with Crippen LogP contribution in [0.4, 0.5) is 0 Å². The van der Waals surface area contributed by atoms with Crippen molar-refractivity contribution in [1.82, 2.24) is 0 Å². The lowest BCUT2D eigenvalue weighted by Crippen LogP contribution is -2.36. The first-order valence-electron chi connectivity index (χ1n) is 11.1. The molecule has 1 aliphatic rings. The molecule has 0 unspecified atom stereocenters. The van der Waals surface area contributed by atoms with Gasteiger partial charge in [-0.15, -0.1) is 0 Å². The van der Waals surface area contributed by atoms with Crippen LogP contribution in [0, 0.1) is 5.41 Å². The molecule has 1 aliphatic carbocycles. The minimum Gasteiger partial charge on any atom is -0.507 e. The quantitative estimate of drug-likeness (QED) is 0.325. The summed E-state index contributed by atoms with van der Waals surface area (Å²) in [7, 11) is 1.25. The van der Waals surface area contributed by atoms with Crippen LogP contribution in [0.3, 0.4) is 0 Å². The zero-order valence-corrected chi connectivity index (χ0v) is 20.8. The Hall–Kier alpha value is -2.18. The van der Waals surface area contributed by atoms with Gasteiger partial charge in [-0.2, -0.15) is 0 Å². The highest BCUT2D eigenvalue weighted by Crippen LogP contribution is 2.43. The summed E-state index contributed by atoms with van der Waals surface area (Å²) < 4.78 is 4.81. The van der Waals surface area contributed by atoms with E-state index in [1.807, 2.05) is 19.9 Å². The van der Waals surface area contributed by atoms with Gasteiger partial charge >= 0.3 is 5.97 Å². The van der Waals surface area contributed by atoms with E-state index in [0.717, 1.165) is 30.4 Å². The molecule has 0 saturated heterocycles. The molecule has 32 heavy (non-hydrogen) atoms. The molecule has 0 fully saturated rings. The molecule has 0 spiro atoms. The number of Topliss-reactive ketones (excluding diaryl/α,β-unsaturated/α-hetero) is 1. The maximum absolute atomic E-state index is 13.0. The number of ether oxygens (including phenoxy) is 1. The van der Waals surface area contributed by atoms with Crippen molar-refractivity contribution in [2.24, 2.45) is 5.41 Å². The number of aliphatic hydroxyl groups excluding tert-OH is 2. The molecule has 1 rings (SSSR count). The third kappa shape index (κ3) is 6.66. The number of rotatable bonds is 10. The zero-order valence-electron chi connectivity index (χ0n) is 20.8. The number of methoxy groups -OCH3 is 1. The van der Waals surface area contributed by atoms with Gasteiger partial charge in [-0.3, -0.25) is 4.79 Å². The maximum atomic E-state index is 13.0. The summed E-state index contributed by atoms with van der Waals surface area (Å²) >= 11 is 0. The number of aliphatic hydroxyl groups is 3. The average molecular weight is 449 g/mol. The van der Waals surface area contributed by atoms with Crippen LogP contribution >= 0.6 is 0 Å². The van der Waals surface area contributed by atoms with Crippen molar-refractivity contribution in [3.8, 4) is 0 Å². The standard InChI is InChI=1S/C26H40O6/c1-16(12-13-20(27)25(5,6)31)10-9-11-17(2)14-15-26(7)19(4)21(24(30)32-8)22(28)18(3)23(26)29/h10,14,20,27-28,31H,9,11-13,15H2,1-8H3/b16-10+,17-14+/t20-,26-/m0/s1. The molecular weight excluding hydrogens is 408 g/mol. The molecule has 0 bridgehead atoms. The molecule has 0 aliphatic heterocycles. The molecule has 0 aromatic rings. The van der Waals surface area contributed by atoms with Gasteiger partial charge in [0.2, 0.25) is 0 Å². The van der Waals surface area contributed by atoms with E-state index >= 15 is 0 Å². The van der Waals surface area contributed by atoms with Gasteiger partial charge < -0.3 is 20.1 Å². The van der Waals surface area contributed by atoms with Crippen molar-refractivity contribution < 1.29 is 29.6 Å². The van der Waals surface area contributed by atoms with E-state index in [4.69, 9.17) is 4.74 Å². The van der Waals surface area contributed by atoms with Crippen LogP contribution in [0.15, 0.2) is 45.8 Å². The minimum absolute atomic E-state index is 0.0740. The van der Waals surface area contributed by atoms with Gasteiger partial charge in [0.05, 0.1) is 24.2 Å². The van der Waals surface area contributed by atoms with Crippen molar-refractivity contribution in [3.63, 3.8) is 0 Å². The van der Waals surface area contributed by atoms with Gasteiger partial charge in [-0.05, 0) is 86.1 Å². The first-order chi connectivity index (χ1) is 14.7. The normalized spacial score (nSPS) is 21.9. The summed E-state index contributed by atoms with van der Waals surface area (Å²) in [5.74, 6) is -1.13. The Morgan fingerprint density at radius 1 is 1.16 bits per heavy atom. The summed E-state index contributed by atoms with van der Waals surface area (Å²) in [6, 6.07) is 0. The number of ketones is 1. The molecular formula is C26H40O6. The lowest BCUT2D eigenvalue weighted by atomic mass is 9.68. The second-order valence-electron chi connectivity index (χ2n) is 9.68. The van der Waals surface area contributed by atoms with Crippen LogP contribution in [0.5, 0.6) is 0 Å². The van der Waals surface area contributed by atoms with Crippen LogP contribution < -0.4 is 0 Å². The topological polar surface area (TPSA) is 104 Å². The van der Waals surface area contributed by atoms with Crippen molar-refractivity contribution in [3.05, 3.63) is 45.8 Å². The number of esters is 1. The first kappa shape index (κ1) is 27.9. The molecule has 0 saturated carbocycles. The molecule has 0 amide bonds. The van der Waals surface area contributed by atoms with E-state index in [0.29, 0.717) is 18.4 Å². The Morgan fingerprint density at radius 2 is 1.72 bits per heavy atom. The third-order valence-electron chi connectivity index (χ3n) is 6.54. The van der Waals surface area contributed by atoms with Crippen LogP contribution in [0.1, 0.15) is 80.6 Å². The highest BCUT2D eigenvalue weighted by Gasteiger charge is 2.43. The lowest BCUT2D eigenvalue weighted by Gasteiger charge is -2.34. The molecule has 0 aromatic carbocycles. The number of hydrogen-bond donors (Lipinski definition) is 3. The molecule has 0 aromatic heterocycles. The van der Waals surface area contributed by atoms with Gasteiger partial charge in [0.25, 0.3) is 0 Å². The van der Waals surface area contributed by atoms with E-state index in [1.54, 1.807) is 27.7 Å². The Morgan fingerprint density at radius 3 is 2.25 bits per heavy atom. The number of hydrogen-bond acceptors (Lipinski definition) is 6. The number of allylic oxidation sites excluding steroid dienone is 6. The Kier molecular flexibility index (Phi) is 9.66. The van der Waals surface area contributed by atoms with E-state index < -0.39 is 23.1 Å². The lowest BCUT2D eigenvalue weighted by molar-refractivity contribution is -0.136. The molecule has 180 valence electrons. The van der Waals surface area contributed by atoms with Crippen molar-refractivity contribution in [1.29, 1.82) is 0 Å². The van der Waals surface area contributed by atoms with Gasteiger partial charge in [0.1, 0.15) is 11.3 Å². The zero-order chi connectivity index (χ0) is 24.9. The van der Waals surface area contributed by atoms with Crippen LogP contribution in [0.2, 0.25) is 0 Å². The smallest absolute Gasteiger partial charge is 0.341 e. The molecule has 6 heteroatoms. The fourth-order valence-corrected chi connectivity index (χ4v) is 3.78. The highest BCUT2D eigenvalue weighted by atomic mass is 16.5. The molecule has 0 radical (unpaired) electrons. The molecule has 2 atom stereocenters. The first-order valence-corrected chi connectivity index (χ1v) is 11.1. The summed E-state index contributed by atoms with van der Waals surface area (Å²) in [6.07, 6.45) is 6.70. The van der Waals surface area contributed by atoms with E-state index in [-0.39, 0.29) is 22.7 Å². The SMILES string of the molecule is COC(=O)C1=C(C)[C@](C)(C/C=C(\C)CC/C=C(\C)CC[C@H](O)C(C)(C)O)C(=O)C(C)=C1O. The van der Waals surface area contributed by atoms with E-state index in [1.165, 1.54) is 14.0 Å². The minimum atomic E-state index is -1.10. The summed E-state index contributed by atoms with van der Waals surface area (Å²) in [5.41, 5.74) is 1.04. The van der Waals surface area contributed by atoms with Crippen LogP contribution in [0.25, 0.3) is 0 Å². The average Bonchev–Trinajstić information content (AvgIpc) is 2.72. The highest BCUT2D eigenvalue weighted by molar-refractivity contribution is 6.08. The van der Waals surface area contributed by atoms with Crippen molar-refractivity contribution >= 4 is 11.8 Å². The Balaban J connectivity index is 2.84. The van der Waals surface area contributed by atoms with E-state index in [2.05, 4.69) is 6.08 Å². The maximum Gasteiger partial charge on any atom is 0.341 e. The summed E-state index contributed by atoms with van der Waals surface area (Å²) in [6.45, 7) is 12.3. The second kappa shape index (κ2) is 11.1. The third-order valence-corrected chi connectivity index (χ3v) is 6.54. The van der Waals surface area contributed by atoms with Gasteiger partial charge in [0, 0.05) is 5.57 Å². The molecule has 3 N–H and O–H groups in total. The van der Waals surface area contributed by atoms with Gasteiger partial charge in [0.15, 0.2) is 5.78 Å². The predicted molar refractivity (Wildman–Crippen MR) is 126 cm³/mol. The van der Waals surface area contributed by atoms with Crippen molar-refractivity contribution in [2.75, 3.05) is 7.11 Å².